The molecule has 3 aromatic heterocycles. The molecule has 202 valence electrons. The molecule has 4 heterocycles. The molecular weight excluding hydrogens is 589 g/mol. The lowest BCUT2D eigenvalue weighted by atomic mass is 9.91. The third kappa shape index (κ3) is 5.43. The Morgan fingerprint density at radius 3 is 2.53 bits per heavy atom. The molecule has 14 heteroatoms. The molecule has 0 bridgehead atoms. The SMILES string of the molecule is CS(=O)(=O)N1CCC(CCc2c(-c3ccc(C(F)(F)F)cn3)[nH]n(-c3nc4ccc(Br)cc4[nH]3)c2=O)CC1. The lowest BCUT2D eigenvalue weighted by Gasteiger charge is -2.30. The highest BCUT2D eigenvalue weighted by molar-refractivity contribution is 9.10. The number of imidazole rings is 1. The van der Waals surface area contributed by atoms with Gasteiger partial charge in [0.05, 0.1) is 34.2 Å². The van der Waals surface area contributed by atoms with Crippen LogP contribution in [-0.2, 0) is 22.6 Å². The number of aromatic nitrogens is 5. The third-order valence-electron chi connectivity index (χ3n) is 6.82. The van der Waals surface area contributed by atoms with Crippen molar-refractivity contribution in [2.75, 3.05) is 19.3 Å². The first-order valence-corrected chi connectivity index (χ1v) is 14.5. The number of sulfonamides is 1. The van der Waals surface area contributed by atoms with Crippen LogP contribution in [0.4, 0.5) is 13.2 Å². The predicted molar refractivity (Wildman–Crippen MR) is 139 cm³/mol. The van der Waals surface area contributed by atoms with Crippen LogP contribution in [0.1, 0.15) is 30.4 Å². The number of alkyl halides is 3. The van der Waals surface area contributed by atoms with E-state index in [4.69, 9.17) is 0 Å². The monoisotopic (exact) mass is 612 g/mol. The fraction of sp³-hybridized carbons (Fsp3) is 0.375. The Morgan fingerprint density at radius 1 is 1.16 bits per heavy atom. The summed E-state index contributed by atoms with van der Waals surface area (Å²) in [6.07, 6.45) is -0.307. The van der Waals surface area contributed by atoms with Crippen molar-refractivity contribution < 1.29 is 21.6 Å². The Bertz CT molecular complexity index is 1640. The highest BCUT2D eigenvalue weighted by atomic mass is 79.9. The first kappa shape index (κ1) is 26.6. The molecule has 1 fully saturated rings. The molecule has 0 amide bonds. The molecule has 1 aliphatic rings. The van der Waals surface area contributed by atoms with Crippen LogP contribution in [0.5, 0.6) is 0 Å². The van der Waals surface area contributed by atoms with Crippen molar-refractivity contribution in [3.05, 3.63) is 62.5 Å². The molecular formula is C24H24BrF3N6O3S. The smallest absolute Gasteiger partial charge is 0.322 e. The lowest BCUT2D eigenvalue weighted by molar-refractivity contribution is -0.137. The molecule has 1 aromatic carbocycles. The lowest BCUT2D eigenvalue weighted by Crippen LogP contribution is -2.37. The van der Waals surface area contributed by atoms with Gasteiger partial charge in [-0.25, -0.2) is 17.7 Å². The summed E-state index contributed by atoms with van der Waals surface area (Å²) in [5.74, 6) is 0.441. The van der Waals surface area contributed by atoms with Gasteiger partial charge in [-0.2, -0.15) is 17.9 Å². The van der Waals surface area contributed by atoms with Gasteiger partial charge in [-0.3, -0.25) is 14.9 Å². The van der Waals surface area contributed by atoms with Crippen molar-refractivity contribution >= 4 is 37.0 Å². The molecule has 0 aliphatic carbocycles. The largest absolute Gasteiger partial charge is 0.417 e. The average molecular weight is 613 g/mol. The van der Waals surface area contributed by atoms with Gasteiger partial charge in [0.25, 0.3) is 5.56 Å². The Balaban J connectivity index is 1.48. The van der Waals surface area contributed by atoms with E-state index in [-0.39, 0.29) is 23.1 Å². The van der Waals surface area contributed by atoms with Crippen molar-refractivity contribution in [2.24, 2.45) is 5.92 Å². The second-order valence-electron chi connectivity index (χ2n) is 9.40. The van der Waals surface area contributed by atoms with Gasteiger partial charge in [0, 0.05) is 29.3 Å². The number of halogens is 4. The molecule has 4 aromatic rings. The van der Waals surface area contributed by atoms with E-state index in [2.05, 4.69) is 36.0 Å². The summed E-state index contributed by atoms with van der Waals surface area (Å²) < 4.78 is 66.4. The summed E-state index contributed by atoms with van der Waals surface area (Å²) in [7, 11) is -3.25. The molecule has 0 spiro atoms. The number of aromatic amines is 2. The minimum Gasteiger partial charge on any atom is -0.322 e. The number of nitrogens with zero attached hydrogens (tertiary/aromatic N) is 4. The van der Waals surface area contributed by atoms with E-state index in [9.17, 15) is 26.4 Å². The van der Waals surface area contributed by atoms with Crippen LogP contribution in [-0.4, -0.2) is 56.8 Å². The van der Waals surface area contributed by atoms with Crippen LogP contribution >= 0.6 is 15.9 Å². The summed E-state index contributed by atoms with van der Waals surface area (Å²) in [5, 5.41) is 3.00. The van der Waals surface area contributed by atoms with E-state index >= 15 is 0 Å². The average Bonchev–Trinajstić information content (AvgIpc) is 3.42. The van der Waals surface area contributed by atoms with E-state index in [1.165, 1.54) is 21.3 Å². The fourth-order valence-corrected chi connectivity index (χ4v) is 5.96. The number of nitrogens with one attached hydrogen (secondary N) is 2. The second-order valence-corrected chi connectivity index (χ2v) is 12.3. The summed E-state index contributed by atoms with van der Waals surface area (Å²) in [6.45, 7) is 0.839. The molecule has 2 N–H and O–H groups in total. The number of H-pyrrole nitrogens is 2. The van der Waals surface area contributed by atoms with E-state index < -0.39 is 21.8 Å². The number of hydrogen-bond donors (Lipinski definition) is 2. The number of hydrogen-bond acceptors (Lipinski definition) is 5. The van der Waals surface area contributed by atoms with Crippen LogP contribution in [0.3, 0.4) is 0 Å². The second kappa shape index (κ2) is 9.97. The van der Waals surface area contributed by atoms with Gasteiger partial charge in [-0.15, -0.1) is 0 Å². The van der Waals surface area contributed by atoms with Gasteiger partial charge in [-0.05, 0) is 61.9 Å². The minimum absolute atomic E-state index is 0.202. The zero-order valence-electron chi connectivity index (χ0n) is 20.2. The van der Waals surface area contributed by atoms with E-state index in [0.29, 0.717) is 61.1 Å². The number of pyridine rings is 1. The highest BCUT2D eigenvalue weighted by Crippen LogP contribution is 2.31. The standard InChI is InChI=1S/C24H24BrF3N6O3S/c1-38(36,37)33-10-8-14(9-11-33)2-5-17-21(19-6-3-15(13-29-19)24(26,27)28)32-34(22(17)35)23-30-18-7-4-16(25)12-20(18)31-23/h3-4,6-7,12-14,32H,2,5,8-11H2,1H3,(H,30,31). The van der Waals surface area contributed by atoms with E-state index in [1.54, 1.807) is 6.07 Å². The summed E-state index contributed by atoms with van der Waals surface area (Å²) in [6, 6.07) is 7.60. The molecule has 38 heavy (non-hydrogen) atoms. The van der Waals surface area contributed by atoms with Crippen molar-refractivity contribution in [1.29, 1.82) is 0 Å². The van der Waals surface area contributed by atoms with Gasteiger partial charge in [0.2, 0.25) is 16.0 Å². The Kier molecular flexibility index (Phi) is 6.99. The zero-order valence-corrected chi connectivity index (χ0v) is 22.6. The Morgan fingerprint density at radius 2 is 1.89 bits per heavy atom. The molecule has 1 aliphatic heterocycles. The predicted octanol–water partition coefficient (Wildman–Crippen LogP) is 4.49. The van der Waals surface area contributed by atoms with E-state index in [0.717, 1.165) is 16.7 Å². The number of benzene rings is 1. The van der Waals surface area contributed by atoms with Crippen LogP contribution in [0.25, 0.3) is 28.4 Å². The summed E-state index contributed by atoms with van der Waals surface area (Å²) in [5.41, 5.74) is 0.971. The number of piperidine rings is 1. The first-order chi connectivity index (χ1) is 17.9. The van der Waals surface area contributed by atoms with Crippen molar-refractivity contribution in [1.82, 2.24) is 29.0 Å². The zero-order chi connectivity index (χ0) is 27.2. The summed E-state index contributed by atoms with van der Waals surface area (Å²) in [4.78, 5) is 25.1. The third-order valence-corrected chi connectivity index (χ3v) is 8.62. The van der Waals surface area contributed by atoms with E-state index in [1.807, 2.05) is 12.1 Å². The molecule has 1 saturated heterocycles. The molecule has 0 atom stereocenters. The first-order valence-electron chi connectivity index (χ1n) is 11.9. The van der Waals surface area contributed by atoms with Gasteiger partial charge in [0.1, 0.15) is 0 Å². The van der Waals surface area contributed by atoms with Gasteiger partial charge in [-0.1, -0.05) is 15.9 Å². The fourth-order valence-electron chi connectivity index (χ4n) is 4.73. The normalized spacial score (nSPS) is 15.9. The maximum absolute atomic E-state index is 13.6. The minimum atomic E-state index is -4.53. The van der Waals surface area contributed by atoms with Crippen LogP contribution in [0.15, 0.2) is 45.8 Å². The highest BCUT2D eigenvalue weighted by Gasteiger charge is 2.31. The number of rotatable bonds is 6. The Labute approximate surface area is 224 Å². The van der Waals surface area contributed by atoms with Crippen LogP contribution < -0.4 is 5.56 Å². The van der Waals surface area contributed by atoms with Crippen molar-refractivity contribution in [2.45, 2.75) is 31.9 Å². The Hall–Kier alpha value is -2.97. The molecule has 5 rings (SSSR count). The molecule has 9 nitrogen and oxygen atoms in total. The molecule has 0 unspecified atom stereocenters. The van der Waals surface area contributed by atoms with Crippen molar-refractivity contribution in [3.8, 4) is 17.3 Å². The van der Waals surface area contributed by atoms with Crippen molar-refractivity contribution in [3.63, 3.8) is 0 Å². The quantitative estimate of drug-likeness (QED) is 0.333. The van der Waals surface area contributed by atoms with Crippen LogP contribution in [0.2, 0.25) is 0 Å². The molecule has 0 saturated carbocycles. The van der Waals surface area contributed by atoms with Gasteiger partial charge in [0.15, 0.2) is 0 Å². The molecule has 0 radical (unpaired) electrons. The maximum Gasteiger partial charge on any atom is 0.417 e. The topological polar surface area (TPSA) is 117 Å². The number of fused-ring (bicyclic) bond motifs is 1. The van der Waals surface area contributed by atoms with Gasteiger partial charge >= 0.3 is 6.18 Å². The van der Waals surface area contributed by atoms with Crippen LogP contribution in [0, 0.1) is 5.92 Å². The maximum atomic E-state index is 13.6. The van der Waals surface area contributed by atoms with Gasteiger partial charge < -0.3 is 4.98 Å². The summed E-state index contributed by atoms with van der Waals surface area (Å²) >= 11 is 3.40.